The van der Waals surface area contributed by atoms with Crippen molar-refractivity contribution in [2.45, 2.75) is 70.1 Å². The first kappa shape index (κ1) is 29.8. The number of carbonyl (C=O) groups excluding carboxylic acids is 3. The number of amides is 3. The van der Waals surface area contributed by atoms with E-state index >= 15 is 0 Å². The van der Waals surface area contributed by atoms with Gasteiger partial charge in [-0.25, -0.2) is 4.79 Å². The number of hydrogen-bond donors (Lipinski definition) is 5. The van der Waals surface area contributed by atoms with E-state index in [0.717, 1.165) is 22.0 Å². The highest BCUT2D eigenvalue weighted by Crippen LogP contribution is 2.23. The number of nitrogens with zero attached hydrogens (tertiary/aromatic N) is 1. The third kappa shape index (κ3) is 7.52. The summed E-state index contributed by atoms with van der Waals surface area (Å²) < 4.78 is 0. The fourth-order valence-electron chi connectivity index (χ4n) is 5.44. The van der Waals surface area contributed by atoms with Crippen LogP contribution in [0.15, 0.2) is 60.8 Å². The van der Waals surface area contributed by atoms with Crippen molar-refractivity contribution in [2.75, 3.05) is 6.54 Å². The zero-order valence-electron chi connectivity index (χ0n) is 23.5. The molecule has 1 aromatic heterocycles. The molecule has 3 amide bonds. The van der Waals surface area contributed by atoms with E-state index in [1.165, 1.54) is 4.90 Å². The number of aliphatic carboxylic acids is 1. The van der Waals surface area contributed by atoms with E-state index in [1.54, 1.807) is 12.1 Å². The van der Waals surface area contributed by atoms with Gasteiger partial charge in [0.25, 0.3) is 0 Å². The van der Waals surface area contributed by atoms with Crippen molar-refractivity contribution < 1.29 is 24.3 Å². The second kappa shape index (κ2) is 13.5. The number of nitrogens with two attached hydrogens (primary N) is 1. The smallest absolute Gasteiger partial charge is 0.326 e. The molecule has 0 spiro atoms. The lowest BCUT2D eigenvalue weighted by atomic mass is 10.0. The number of likely N-dealkylation sites (tertiary alicyclic amines) is 1. The quantitative estimate of drug-likeness (QED) is 0.228. The van der Waals surface area contributed by atoms with Crippen LogP contribution in [0.2, 0.25) is 0 Å². The molecule has 218 valence electrons. The number of aromatic amines is 1. The minimum Gasteiger partial charge on any atom is -0.480 e. The first-order valence-electron chi connectivity index (χ1n) is 14.1. The number of H-pyrrole nitrogens is 1. The highest BCUT2D eigenvalue weighted by Gasteiger charge is 2.39. The Bertz CT molecular complexity index is 1370. The van der Waals surface area contributed by atoms with Crippen molar-refractivity contribution in [3.05, 3.63) is 71.9 Å². The van der Waals surface area contributed by atoms with Gasteiger partial charge >= 0.3 is 5.97 Å². The second-order valence-corrected chi connectivity index (χ2v) is 11.1. The van der Waals surface area contributed by atoms with Gasteiger partial charge in [-0.05, 0) is 42.4 Å². The molecule has 2 aromatic carbocycles. The van der Waals surface area contributed by atoms with Gasteiger partial charge in [0.1, 0.15) is 18.1 Å². The molecule has 3 aromatic rings. The van der Waals surface area contributed by atoms with Crippen molar-refractivity contribution in [1.29, 1.82) is 0 Å². The maximum Gasteiger partial charge on any atom is 0.326 e. The van der Waals surface area contributed by atoms with E-state index in [2.05, 4.69) is 15.6 Å². The summed E-state index contributed by atoms with van der Waals surface area (Å²) in [5, 5.41) is 16.2. The van der Waals surface area contributed by atoms with E-state index < -0.39 is 47.9 Å². The Kier molecular flexibility index (Phi) is 9.78. The lowest BCUT2D eigenvalue weighted by Crippen LogP contribution is -2.57. The summed E-state index contributed by atoms with van der Waals surface area (Å²) in [6.45, 7) is 4.26. The van der Waals surface area contributed by atoms with Gasteiger partial charge in [-0.15, -0.1) is 0 Å². The topological polar surface area (TPSA) is 158 Å². The van der Waals surface area contributed by atoms with Crippen LogP contribution in [-0.2, 0) is 32.0 Å². The van der Waals surface area contributed by atoms with E-state index in [0.29, 0.717) is 25.8 Å². The fourth-order valence-corrected chi connectivity index (χ4v) is 5.44. The molecule has 1 saturated heterocycles. The van der Waals surface area contributed by atoms with Crippen LogP contribution in [0.4, 0.5) is 0 Å². The van der Waals surface area contributed by atoms with Crippen molar-refractivity contribution in [1.82, 2.24) is 20.5 Å². The number of aromatic nitrogens is 1. The van der Waals surface area contributed by atoms with Crippen LogP contribution in [0.1, 0.15) is 44.2 Å². The van der Waals surface area contributed by atoms with E-state index in [9.17, 15) is 24.3 Å². The predicted molar refractivity (Wildman–Crippen MR) is 156 cm³/mol. The van der Waals surface area contributed by atoms with Crippen molar-refractivity contribution in [2.24, 2.45) is 11.7 Å². The summed E-state index contributed by atoms with van der Waals surface area (Å²) in [6.07, 6.45) is 3.60. The molecule has 4 rings (SSSR count). The fraction of sp³-hybridized carbons (Fsp3) is 0.419. The molecule has 0 bridgehead atoms. The summed E-state index contributed by atoms with van der Waals surface area (Å²) in [6, 6.07) is 13.0. The zero-order chi connectivity index (χ0) is 29.5. The van der Waals surface area contributed by atoms with Crippen LogP contribution in [0.5, 0.6) is 0 Å². The van der Waals surface area contributed by atoms with Gasteiger partial charge in [0.2, 0.25) is 17.7 Å². The summed E-state index contributed by atoms with van der Waals surface area (Å²) in [5.41, 5.74) is 8.68. The number of fused-ring (bicyclic) bond motifs is 1. The second-order valence-electron chi connectivity index (χ2n) is 11.1. The van der Waals surface area contributed by atoms with Crippen molar-refractivity contribution in [3.8, 4) is 0 Å². The standard InChI is InChI=1S/C31H39N5O5/c1-19(2)15-23(32)28(37)34-25(17-21-18-33-24-12-7-6-11-22(21)24)30(39)36-14-8-13-27(36)29(38)35-26(31(40)41)16-20-9-4-3-5-10-20/h3-7,9-12,18-19,23,25-27,33H,8,13-17,32H2,1-2H3,(H,34,37)(H,35,38)(H,40,41)/t23-,25-,26-,27-/m0/s1. The molecule has 0 radical (unpaired) electrons. The minimum atomic E-state index is -1.15. The van der Waals surface area contributed by atoms with E-state index in [1.807, 2.05) is 62.5 Å². The monoisotopic (exact) mass is 561 g/mol. The SMILES string of the molecule is CC(C)C[C@H](N)C(=O)N[C@@H](Cc1c[nH]c2ccccc12)C(=O)N1CCC[C@H]1C(=O)N[C@@H](Cc1ccccc1)C(=O)O. The molecule has 10 nitrogen and oxygen atoms in total. The van der Waals surface area contributed by atoms with E-state index in [4.69, 9.17) is 5.73 Å². The average Bonchev–Trinajstić information content (AvgIpc) is 3.60. The number of carbonyl (C=O) groups is 4. The molecule has 4 atom stereocenters. The number of carboxylic acid groups (broad SMARTS) is 1. The molecule has 0 unspecified atom stereocenters. The third-order valence-electron chi connectivity index (χ3n) is 7.51. The Hall–Kier alpha value is -4.18. The molecule has 6 N–H and O–H groups in total. The molecule has 1 aliphatic heterocycles. The molecule has 1 aliphatic rings. The van der Waals surface area contributed by atoms with Gasteiger partial charge in [-0.1, -0.05) is 62.4 Å². The molecule has 0 aliphatic carbocycles. The Balaban J connectivity index is 1.53. The van der Waals surface area contributed by atoms with Gasteiger partial charge in [-0.2, -0.15) is 0 Å². The molecule has 10 heteroatoms. The van der Waals surface area contributed by atoms with Gasteiger partial charge in [0.05, 0.1) is 6.04 Å². The summed E-state index contributed by atoms with van der Waals surface area (Å²) in [4.78, 5) is 57.0. The molecule has 41 heavy (non-hydrogen) atoms. The van der Waals surface area contributed by atoms with Gasteiger partial charge in [0.15, 0.2) is 0 Å². The highest BCUT2D eigenvalue weighted by atomic mass is 16.4. The molecular weight excluding hydrogens is 522 g/mol. The first-order chi connectivity index (χ1) is 19.6. The first-order valence-corrected chi connectivity index (χ1v) is 14.1. The van der Waals surface area contributed by atoms with Gasteiger partial charge in [0, 0.05) is 36.5 Å². The van der Waals surface area contributed by atoms with Crippen LogP contribution in [0.25, 0.3) is 10.9 Å². The van der Waals surface area contributed by atoms with Crippen LogP contribution in [0.3, 0.4) is 0 Å². The molecular formula is C31H39N5O5. The third-order valence-corrected chi connectivity index (χ3v) is 7.51. The summed E-state index contributed by atoms with van der Waals surface area (Å²) in [5.74, 6) is -2.29. The average molecular weight is 562 g/mol. The van der Waals surface area contributed by atoms with Crippen LogP contribution in [-0.4, -0.2) is 69.4 Å². The van der Waals surface area contributed by atoms with Crippen molar-refractivity contribution in [3.63, 3.8) is 0 Å². The van der Waals surface area contributed by atoms with Gasteiger partial charge < -0.3 is 31.4 Å². The van der Waals surface area contributed by atoms with Gasteiger partial charge in [-0.3, -0.25) is 14.4 Å². The van der Waals surface area contributed by atoms with E-state index in [-0.39, 0.29) is 18.8 Å². The Labute approximate surface area is 239 Å². The number of hydrogen-bond acceptors (Lipinski definition) is 5. The Morgan fingerprint density at radius 1 is 1.00 bits per heavy atom. The summed E-state index contributed by atoms with van der Waals surface area (Å²) >= 11 is 0. The maximum atomic E-state index is 14.0. The lowest BCUT2D eigenvalue weighted by Gasteiger charge is -2.30. The van der Waals surface area contributed by atoms with Crippen LogP contribution in [0, 0.1) is 5.92 Å². The number of para-hydroxylation sites is 1. The van der Waals surface area contributed by atoms with Crippen LogP contribution >= 0.6 is 0 Å². The van der Waals surface area contributed by atoms with Crippen LogP contribution < -0.4 is 16.4 Å². The molecule has 0 saturated carbocycles. The normalized spacial score (nSPS) is 17.3. The summed E-state index contributed by atoms with van der Waals surface area (Å²) in [7, 11) is 0. The number of nitrogens with one attached hydrogen (secondary N) is 3. The number of carboxylic acids is 1. The molecule has 2 heterocycles. The lowest BCUT2D eigenvalue weighted by molar-refractivity contribution is -0.144. The Morgan fingerprint density at radius 2 is 1.71 bits per heavy atom. The number of rotatable bonds is 12. The zero-order valence-corrected chi connectivity index (χ0v) is 23.5. The van der Waals surface area contributed by atoms with Crippen molar-refractivity contribution >= 4 is 34.6 Å². The highest BCUT2D eigenvalue weighted by molar-refractivity contribution is 5.95. The molecule has 1 fully saturated rings. The number of benzene rings is 2. The minimum absolute atomic E-state index is 0.121. The largest absolute Gasteiger partial charge is 0.480 e. The predicted octanol–water partition coefficient (Wildman–Crippen LogP) is 2.37. The maximum absolute atomic E-state index is 14.0. The Morgan fingerprint density at radius 3 is 2.41 bits per heavy atom.